The summed E-state index contributed by atoms with van der Waals surface area (Å²) < 4.78 is 10.9. The molecule has 1 saturated heterocycles. The number of ether oxygens (including phenoxy) is 2. The molecule has 0 aromatic heterocycles. The summed E-state index contributed by atoms with van der Waals surface area (Å²) in [7, 11) is 0. The average Bonchev–Trinajstić information content (AvgIpc) is 2.67. The number of nitrogens with zero attached hydrogens (tertiary/aromatic N) is 2. The highest BCUT2D eigenvalue weighted by atomic mass is 16.6. The Morgan fingerprint density at radius 1 is 1.11 bits per heavy atom. The van der Waals surface area contributed by atoms with E-state index in [2.05, 4.69) is 5.32 Å². The molecule has 9 heteroatoms. The summed E-state index contributed by atoms with van der Waals surface area (Å²) in [6.45, 7) is 5.09. The Labute approximate surface area is 163 Å². The molecule has 1 aromatic rings. The van der Waals surface area contributed by atoms with Crippen molar-refractivity contribution in [3.8, 4) is 11.5 Å². The lowest BCUT2D eigenvalue weighted by atomic mass is 10.0. The lowest BCUT2D eigenvalue weighted by Crippen LogP contribution is -2.50. The second-order valence-corrected chi connectivity index (χ2v) is 6.95. The molecule has 2 amide bonds. The minimum Gasteiger partial charge on any atom is -0.486 e. The van der Waals surface area contributed by atoms with E-state index >= 15 is 0 Å². The highest BCUT2D eigenvalue weighted by molar-refractivity contribution is 5.93. The number of carbonyl (C=O) groups is 3. The maximum Gasteiger partial charge on any atom is 0.308 e. The molecule has 3 rings (SSSR count). The Balaban J connectivity index is 1.53. The van der Waals surface area contributed by atoms with Crippen molar-refractivity contribution in [2.75, 3.05) is 51.3 Å². The summed E-state index contributed by atoms with van der Waals surface area (Å²) in [6.07, 6.45) is -0.128. The second kappa shape index (κ2) is 8.92. The Hall–Kier alpha value is -2.81. The fraction of sp³-hybridized carbons (Fsp3) is 0.526. The monoisotopic (exact) mass is 391 g/mol. The van der Waals surface area contributed by atoms with E-state index in [1.165, 1.54) is 6.92 Å². The van der Waals surface area contributed by atoms with Gasteiger partial charge in [-0.15, -0.1) is 0 Å². The molecule has 1 atom stereocenters. The van der Waals surface area contributed by atoms with Crippen molar-refractivity contribution in [2.24, 2.45) is 5.92 Å². The predicted octanol–water partition coefficient (Wildman–Crippen LogP) is 0.651. The molecule has 0 aliphatic carbocycles. The SMILES string of the molecule is CC(=O)N1CCN(C[C@@H](CC(=O)Nc2ccc3c(c2)OCCO3)C(=O)O)CC1. The van der Waals surface area contributed by atoms with E-state index < -0.39 is 11.9 Å². The van der Waals surface area contributed by atoms with Gasteiger partial charge in [0.15, 0.2) is 11.5 Å². The van der Waals surface area contributed by atoms with Gasteiger partial charge in [-0.1, -0.05) is 0 Å². The number of fused-ring (bicyclic) bond motifs is 1. The van der Waals surface area contributed by atoms with E-state index in [0.717, 1.165) is 0 Å². The Morgan fingerprint density at radius 2 is 1.79 bits per heavy atom. The lowest BCUT2D eigenvalue weighted by molar-refractivity contribution is -0.144. The number of nitrogens with one attached hydrogen (secondary N) is 1. The van der Waals surface area contributed by atoms with Crippen LogP contribution in [0, 0.1) is 5.92 Å². The first kappa shape index (κ1) is 19.9. The maximum absolute atomic E-state index is 12.4. The summed E-state index contributed by atoms with van der Waals surface area (Å²) in [4.78, 5) is 39.1. The van der Waals surface area contributed by atoms with Crippen molar-refractivity contribution < 1.29 is 29.0 Å². The first-order valence-electron chi connectivity index (χ1n) is 9.32. The van der Waals surface area contributed by atoms with E-state index in [9.17, 15) is 19.5 Å². The van der Waals surface area contributed by atoms with Crippen molar-refractivity contribution >= 4 is 23.5 Å². The number of carbonyl (C=O) groups excluding carboxylic acids is 2. The van der Waals surface area contributed by atoms with E-state index in [0.29, 0.717) is 56.6 Å². The van der Waals surface area contributed by atoms with Gasteiger partial charge in [-0.2, -0.15) is 0 Å². The molecule has 2 aliphatic heterocycles. The van der Waals surface area contributed by atoms with Gasteiger partial charge in [0.1, 0.15) is 13.2 Å². The van der Waals surface area contributed by atoms with Crippen LogP contribution in [0.1, 0.15) is 13.3 Å². The number of piperazine rings is 1. The maximum atomic E-state index is 12.4. The van der Waals surface area contributed by atoms with E-state index in [4.69, 9.17) is 9.47 Å². The molecule has 28 heavy (non-hydrogen) atoms. The first-order valence-corrected chi connectivity index (χ1v) is 9.32. The standard InChI is InChI=1S/C19H25N3O6/c1-13(23)22-6-4-21(5-7-22)12-14(19(25)26)10-18(24)20-15-2-3-16-17(11-15)28-9-8-27-16/h2-3,11,14H,4-10,12H2,1H3,(H,20,24)(H,25,26)/t14-/m1/s1. The number of carboxylic acids is 1. The normalized spacial score (nSPS) is 17.7. The van der Waals surface area contributed by atoms with Crippen LogP contribution in [0.25, 0.3) is 0 Å². The number of carboxylic acid groups (broad SMARTS) is 1. The van der Waals surface area contributed by atoms with Crippen LogP contribution >= 0.6 is 0 Å². The number of hydrogen-bond donors (Lipinski definition) is 2. The molecule has 0 saturated carbocycles. The van der Waals surface area contributed by atoms with E-state index in [-0.39, 0.29) is 24.8 Å². The molecule has 9 nitrogen and oxygen atoms in total. The van der Waals surface area contributed by atoms with Crippen LogP contribution in [-0.4, -0.2) is 78.6 Å². The minimum atomic E-state index is -1.01. The summed E-state index contributed by atoms with van der Waals surface area (Å²) in [6, 6.07) is 5.08. The minimum absolute atomic E-state index is 0.0215. The van der Waals surface area contributed by atoms with Crippen LogP contribution in [0.5, 0.6) is 11.5 Å². The third-order valence-electron chi connectivity index (χ3n) is 4.90. The van der Waals surface area contributed by atoms with E-state index in [1.807, 2.05) is 4.90 Å². The van der Waals surface area contributed by atoms with Crippen LogP contribution in [0.15, 0.2) is 18.2 Å². The van der Waals surface area contributed by atoms with Gasteiger partial charge < -0.3 is 24.8 Å². The van der Waals surface area contributed by atoms with Gasteiger partial charge in [-0.3, -0.25) is 19.3 Å². The van der Waals surface area contributed by atoms with Crippen molar-refractivity contribution in [1.82, 2.24) is 9.80 Å². The zero-order valence-corrected chi connectivity index (χ0v) is 15.8. The lowest BCUT2D eigenvalue weighted by Gasteiger charge is -2.35. The summed E-state index contributed by atoms with van der Waals surface area (Å²) in [5, 5.41) is 12.2. The molecule has 0 bridgehead atoms. The van der Waals surface area contributed by atoms with Crippen LogP contribution < -0.4 is 14.8 Å². The average molecular weight is 391 g/mol. The van der Waals surface area contributed by atoms with Gasteiger partial charge in [0.05, 0.1) is 5.92 Å². The number of benzene rings is 1. The molecule has 1 fully saturated rings. The Kier molecular flexibility index (Phi) is 6.35. The van der Waals surface area contributed by atoms with Gasteiger partial charge in [0.2, 0.25) is 11.8 Å². The predicted molar refractivity (Wildman–Crippen MR) is 100 cm³/mol. The van der Waals surface area contributed by atoms with Crippen LogP contribution in [0.2, 0.25) is 0 Å². The number of rotatable bonds is 6. The quantitative estimate of drug-likeness (QED) is 0.733. The van der Waals surface area contributed by atoms with Gasteiger partial charge >= 0.3 is 5.97 Å². The number of anilines is 1. The summed E-state index contributed by atoms with van der Waals surface area (Å²) in [5.74, 6) is -0.994. The first-order chi connectivity index (χ1) is 13.4. The molecule has 0 spiro atoms. The van der Waals surface area contributed by atoms with Crippen molar-refractivity contribution in [3.63, 3.8) is 0 Å². The molecular formula is C19H25N3O6. The highest BCUT2D eigenvalue weighted by Gasteiger charge is 2.27. The van der Waals surface area contributed by atoms with Crippen molar-refractivity contribution in [1.29, 1.82) is 0 Å². The third kappa shape index (κ3) is 5.13. The largest absolute Gasteiger partial charge is 0.486 e. The van der Waals surface area contributed by atoms with Gasteiger partial charge in [-0.05, 0) is 12.1 Å². The summed E-state index contributed by atoms with van der Waals surface area (Å²) in [5.41, 5.74) is 0.536. The smallest absolute Gasteiger partial charge is 0.308 e. The van der Waals surface area contributed by atoms with Gasteiger partial charge in [-0.25, -0.2) is 0 Å². The fourth-order valence-corrected chi connectivity index (χ4v) is 3.34. The van der Waals surface area contributed by atoms with Crippen LogP contribution in [0.4, 0.5) is 5.69 Å². The zero-order chi connectivity index (χ0) is 20.1. The molecular weight excluding hydrogens is 366 g/mol. The molecule has 2 aliphatic rings. The van der Waals surface area contributed by atoms with E-state index in [1.54, 1.807) is 23.1 Å². The highest BCUT2D eigenvalue weighted by Crippen LogP contribution is 2.32. The number of amides is 2. The number of aliphatic carboxylic acids is 1. The topological polar surface area (TPSA) is 108 Å². The second-order valence-electron chi connectivity index (χ2n) is 6.95. The fourth-order valence-electron chi connectivity index (χ4n) is 3.34. The molecule has 1 aromatic carbocycles. The molecule has 0 unspecified atom stereocenters. The molecule has 2 N–H and O–H groups in total. The summed E-state index contributed by atoms with van der Waals surface area (Å²) >= 11 is 0. The molecule has 2 heterocycles. The van der Waals surface area contributed by atoms with Crippen molar-refractivity contribution in [3.05, 3.63) is 18.2 Å². The van der Waals surface area contributed by atoms with Crippen LogP contribution in [-0.2, 0) is 14.4 Å². The zero-order valence-electron chi connectivity index (χ0n) is 15.8. The molecule has 0 radical (unpaired) electrons. The Morgan fingerprint density at radius 3 is 2.43 bits per heavy atom. The van der Waals surface area contributed by atoms with Crippen molar-refractivity contribution in [2.45, 2.75) is 13.3 Å². The van der Waals surface area contributed by atoms with Crippen LogP contribution in [0.3, 0.4) is 0 Å². The molecule has 152 valence electrons. The Bertz CT molecular complexity index is 745. The van der Waals surface area contributed by atoms with Gasteiger partial charge in [0, 0.05) is 57.8 Å². The number of hydrogen-bond acceptors (Lipinski definition) is 6. The third-order valence-corrected chi connectivity index (χ3v) is 4.90. The van der Waals surface area contributed by atoms with Gasteiger partial charge in [0.25, 0.3) is 0 Å².